The molecule has 0 unspecified atom stereocenters. The van der Waals surface area contributed by atoms with Gasteiger partial charge in [-0.15, -0.1) is 0 Å². The molecular formula is C7H16N2S. The minimum absolute atomic E-state index is 0.310. The normalized spacial score (nSPS) is 33.6. The monoisotopic (exact) mass is 160 g/mol. The zero-order chi connectivity index (χ0) is 7.61. The maximum atomic E-state index is 5.71. The van der Waals surface area contributed by atoms with Crippen LogP contribution in [-0.4, -0.2) is 42.6 Å². The predicted octanol–water partition coefficient (Wildman–Crippen LogP) is 0.382. The lowest BCUT2D eigenvalue weighted by molar-refractivity contribution is 0.189. The summed E-state index contributed by atoms with van der Waals surface area (Å²) in [7, 11) is 4.25. The summed E-state index contributed by atoms with van der Waals surface area (Å²) in [6.45, 7) is 0.799. The van der Waals surface area contributed by atoms with Gasteiger partial charge in [0.05, 0.1) is 0 Å². The SMILES string of the molecule is CN(C)[C@@]1(CN)CCSC1. The summed E-state index contributed by atoms with van der Waals surface area (Å²) < 4.78 is 0. The van der Waals surface area contributed by atoms with E-state index < -0.39 is 0 Å². The molecule has 1 saturated heterocycles. The first kappa shape index (κ1) is 8.37. The minimum atomic E-state index is 0.310. The van der Waals surface area contributed by atoms with Crippen LogP contribution < -0.4 is 5.73 Å². The van der Waals surface area contributed by atoms with E-state index >= 15 is 0 Å². The van der Waals surface area contributed by atoms with Gasteiger partial charge in [-0.1, -0.05) is 0 Å². The van der Waals surface area contributed by atoms with E-state index in [9.17, 15) is 0 Å². The molecule has 10 heavy (non-hydrogen) atoms. The molecule has 3 heteroatoms. The predicted molar refractivity (Wildman–Crippen MR) is 47.4 cm³/mol. The number of hydrogen-bond donors (Lipinski definition) is 1. The summed E-state index contributed by atoms with van der Waals surface area (Å²) >= 11 is 2.01. The van der Waals surface area contributed by atoms with Gasteiger partial charge in [0.25, 0.3) is 0 Å². The highest BCUT2D eigenvalue weighted by Crippen LogP contribution is 2.30. The van der Waals surface area contributed by atoms with Crippen LogP contribution in [0.2, 0.25) is 0 Å². The van der Waals surface area contributed by atoms with Gasteiger partial charge < -0.3 is 10.6 Å². The second-order valence-corrected chi connectivity index (χ2v) is 4.23. The van der Waals surface area contributed by atoms with Gasteiger partial charge in [-0.25, -0.2) is 0 Å². The van der Waals surface area contributed by atoms with Gasteiger partial charge in [-0.2, -0.15) is 11.8 Å². The number of likely N-dealkylation sites (N-methyl/N-ethyl adjacent to an activating group) is 1. The van der Waals surface area contributed by atoms with Crippen LogP contribution in [0, 0.1) is 0 Å². The Kier molecular flexibility index (Phi) is 2.61. The number of nitrogens with two attached hydrogens (primary N) is 1. The van der Waals surface area contributed by atoms with E-state index in [4.69, 9.17) is 5.73 Å². The quantitative estimate of drug-likeness (QED) is 0.633. The number of thioether (sulfide) groups is 1. The summed E-state index contributed by atoms with van der Waals surface area (Å²) in [6, 6.07) is 0. The van der Waals surface area contributed by atoms with Crippen molar-refractivity contribution in [3.8, 4) is 0 Å². The van der Waals surface area contributed by atoms with Gasteiger partial charge in [0.1, 0.15) is 0 Å². The first-order chi connectivity index (χ1) is 4.71. The third-order valence-electron chi connectivity index (χ3n) is 2.41. The average molecular weight is 160 g/mol. The van der Waals surface area contributed by atoms with E-state index in [0.29, 0.717) is 5.54 Å². The lowest BCUT2D eigenvalue weighted by atomic mass is 9.98. The maximum absolute atomic E-state index is 5.71. The molecule has 1 fully saturated rings. The van der Waals surface area contributed by atoms with Crippen molar-refractivity contribution in [1.82, 2.24) is 4.90 Å². The summed E-state index contributed by atoms with van der Waals surface area (Å²) in [6.07, 6.45) is 1.25. The van der Waals surface area contributed by atoms with E-state index in [1.165, 1.54) is 17.9 Å². The molecule has 0 saturated carbocycles. The van der Waals surface area contributed by atoms with Crippen molar-refractivity contribution in [3.63, 3.8) is 0 Å². The van der Waals surface area contributed by atoms with Crippen LogP contribution in [0.15, 0.2) is 0 Å². The summed E-state index contributed by atoms with van der Waals surface area (Å²) in [5.74, 6) is 2.48. The van der Waals surface area contributed by atoms with Gasteiger partial charge in [0.15, 0.2) is 0 Å². The molecule has 0 aliphatic carbocycles. The molecule has 0 bridgehead atoms. The number of rotatable bonds is 2. The Morgan fingerprint density at radius 1 is 1.60 bits per heavy atom. The molecule has 0 amide bonds. The maximum Gasteiger partial charge on any atom is 0.0423 e. The Hall–Kier alpha value is 0.270. The third kappa shape index (κ3) is 1.31. The van der Waals surface area contributed by atoms with E-state index in [-0.39, 0.29) is 0 Å². The highest BCUT2D eigenvalue weighted by atomic mass is 32.2. The van der Waals surface area contributed by atoms with Crippen LogP contribution in [0.25, 0.3) is 0 Å². The fraction of sp³-hybridized carbons (Fsp3) is 1.00. The average Bonchev–Trinajstić information content (AvgIpc) is 2.35. The lowest BCUT2D eigenvalue weighted by Crippen LogP contribution is -2.50. The minimum Gasteiger partial charge on any atom is -0.329 e. The van der Waals surface area contributed by atoms with Crippen molar-refractivity contribution in [1.29, 1.82) is 0 Å². The molecule has 0 aromatic heterocycles. The molecule has 1 atom stereocenters. The molecule has 60 valence electrons. The van der Waals surface area contributed by atoms with Crippen molar-refractivity contribution >= 4 is 11.8 Å². The van der Waals surface area contributed by atoms with Crippen LogP contribution in [0.1, 0.15) is 6.42 Å². The second kappa shape index (κ2) is 3.11. The molecule has 0 aromatic rings. The summed E-state index contributed by atoms with van der Waals surface area (Å²) in [4.78, 5) is 2.27. The zero-order valence-corrected chi connectivity index (χ0v) is 7.58. The third-order valence-corrected chi connectivity index (χ3v) is 3.65. The molecule has 0 aromatic carbocycles. The molecule has 1 aliphatic heterocycles. The fourth-order valence-electron chi connectivity index (χ4n) is 1.29. The van der Waals surface area contributed by atoms with Crippen LogP contribution in [-0.2, 0) is 0 Å². The number of nitrogens with zero attached hydrogens (tertiary/aromatic N) is 1. The Balaban J connectivity index is 2.58. The Morgan fingerprint density at radius 3 is 2.50 bits per heavy atom. The van der Waals surface area contributed by atoms with Crippen molar-refractivity contribution in [2.45, 2.75) is 12.0 Å². The molecule has 2 N–H and O–H groups in total. The first-order valence-electron chi connectivity index (χ1n) is 3.66. The molecule has 0 spiro atoms. The standard InChI is InChI=1S/C7H16N2S/c1-9(2)7(5-8)3-4-10-6-7/h3-6,8H2,1-2H3/t7-/m1/s1. The van der Waals surface area contributed by atoms with Gasteiger partial charge in [0, 0.05) is 17.8 Å². The lowest BCUT2D eigenvalue weighted by Gasteiger charge is -2.34. The Bertz CT molecular complexity index is 108. The van der Waals surface area contributed by atoms with Gasteiger partial charge in [-0.05, 0) is 26.3 Å². The van der Waals surface area contributed by atoms with E-state index in [2.05, 4.69) is 19.0 Å². The highest BCUT2D eigenvalue weighted by Gasteiger charge is 2.34. The summed E-state index contributed by atoms with van der Waals surface area (Å²) in [5.41, 5.74) is 6.02. The van der Waals surface area contributed by atoms with Crippen LogP contribution in [0.4, 0.5) is 0 Å². The molecular weight excluding hydrogens is 144 g/mol. The van der Waals surface area contributed by atoms with Crippen LogP contribution in [0.3, 0.4) is 0 Å². The molecule has 1 aliphatic rings. The van der Waals surface area contributed by atoms with Crippen molar-refractivity contribution in [3.05, 3.63) is 0 Å². The van der Waals surface area contributed by atoms with Gasteiger partial charge in [-0.3, -0.25) is 0 Å². The Morgan fingerprint density at radius 2 is 2.30 bits per heavy atom. The second-order valence-electron chi connectivity index (χ2n) is 3.13. The summed E-state index contributed by atoms with van der Waals surface area (Å²) in [5, 5.41) is 0. The highest BCUT2D eigenvalue weighted by molar-refractivity contribution is 7.99. The van der Waals surface area contributed by atoms with Gasteiger partial charge in [0.2, 0.25) is 0 Å². The topological polar surface area (TPSA) is 29.3 Å². The van der Waals surface area contributed by atoms with E-state index in [1.807, 2.05) is 11.8 Å². The van der Waals surface area contributed by atoms with E-state index in [1.54, 1.807) is 0 Å². The van der Waals surface area contributed by atoms with Gasteiger partial charge >= 0.3 is 0 Å². The molecule has 1 heterocycles. The largest absolute Gasteiger partial charge is 0.329 e. The fourth-order valence-corrected chi connectivity index (χ4v) is 2.86. The molecule has 0 radical (unpaired) electrons. The van der Waals surface area contributed by atoms with Crippen molar-refractivity contribution in [2.75, 3.05) is 32.1 Å². The van der Waals surface area contributed by atoms with Crippen LogP contribution >= 0.6 is 11.8 Å². The van der Waals surface area contributed by atoms with Crippen molar-refractivity contribution in [2.24, 2.45) is 5.73 Å². The Labute approximate surface area is 67.1 Å². The molecule has 1 rings (SSSR count). The molecule has 2 nitrogen and oxygen atoms in total. The van der Waals surface area contributed by atoms with Crippen molar-refractivity contribution < 1.29 is 0 Å². The zero-order valence-electron chi connectivity index (χ0n) is 6.76. The van der Waals surface area contributed by atoms with Crippen LogP contribution in [0.5, 0.6) is 0 Å². The first-order valence-corrected chi connectivity index (χ1v) is 4.82. The van der Waals surface area contributed by atoms with E-state index in [0.717, 1.165) is 6.54 Å². The smallest absolute Gasteiger partial charge is 0.0423 e. The number of hydrogen-bond acceptors (Lipinski definition) is 3.